The summed E-state index contributed by atoms with van der Waals surface area (Å²) >= 11 is 0. The van der Waals surface area contributed by atoms with Crippen LogP contribution in [0.3, 0.4) is 0 Å². The van der Waals surface area contributed by atoms with Gasteiger partial charge < -0.3 is 15.7 Å². The van der Waals surface area contributed by atoms with Crippen LogP contribution in [0.2, 0.25) is 0 Å². The molecule has 0 heterocycles. The van der Waals surface area contributed by atoms with Gasteiger partial charge in [-0.2, -0.15) is 0 Å². The van der Waals surface area contributed by atoms with Gasteiger partial charge in [-0.15, -0.1) is 0 Å². The summed E-state index contributed by atoms with van der Waals surface area (Å²) in [6.07, 6.45) is 3.52. The normalized spacial score (nSPS) is 23.8. The summed E-state index contributed by atoms with van der Waals surface area (Å²) in [4.78, 5) is 23.3. The fourth-order valence-electron chi connectivity index (χ4n) is 2.26. The summed E-state index contributed by atoms with van der Waals surface area (Å²) in [6.45, 7) is 5.92. The molecule has 5 nitrogen and oxygen atoms in total. The Hall–Kier alpha value is -1.10. The third kappa shape index (κ3) is 6.57. The van der Waals surface area contributed by atoms with Crippen LogP contribution in [0.25, 0.3) is 0 Å². The summed E-state index contributed by atoms with van der Waals surface area (Å²) in [5.41, 5.74) is -0.0832. The third-order valence-corrected chi connectivity index (χ3v) is 3.21. The molecule has 0 spiro atoms. The van der Waals surface area contributed by atoms with Crippen molar-refractivity contribution in [1.82, 2.24) is 10.6 Å². The van der Waals surface area contributed by atoms with Gasteiger partial charge in [-0.3, -0.25) is 9.59 Å². The van der Waals surface area contributed by atoms with Crippen LogP contribution < -0.4 is 10.6 Å². The molecule has 1 fully saturated rings. The summed E-state index contributed by atoms with van der Waals surface area (Å²) in [5.74, 6) is -0.347. The number of carbonyl (C=O) groups excluding carboxylic acids is 2. The summed E-state index contributed by atoms with van der Waals surface area (Å²) in [5, 5.41) is 15.1. The molecule has 1 aliphatic rings. The molecule has 1 saturated carbocycles. The molecule has 19 heavy (non-hydrogen) atoms. The molecular weight excluding hydrogens is 244 g/mol. The molecule has 0 bridgehead atoms. The minimum atomic E-state index is -0.456. The Labute approximate surface area is 115 Å². The minimum absolute atomic E-state index is 0.0157. The van der Waals surface area contributed by atoms with Gasteiger partial charge in [-0.25, -0.2) is 0 Å². The van der Waals surface area contributed by atoms with Crippen LogP contribution in [-0.2, 0) is 9.59 Å². The van der Waals surface area contributed by atoms with E-state index in [1.54, 1.807) is 0 Å². The first-order valence-electron chi connectivity index (χ1n) is 7.02. The Morgan fingerprint density at radius 1 is 1.16 bits per heavy atom. The van der Waals surface area contributed by atoms with E-state index in [0.717, 1.165) is 25.7 Å². The van der Waals surface area contributed by atoms with Gasteiger partial charge in [0.15, 0.2) is 0 Å². The van der Waals surface area contributed by atoms with Gasteiger partial charge in [-0.1, -0.05) is 33.6 Å². The zero-order chi connectivity index (χ0) is 14.5. The van der Waals surface area contributed by atoms with Crippen LogP contribution in [0.1, 0.15) is 52.9 Å². The van der Waals surface area contributed by atoms with E-state index in [4.69, 9.17) is 0 Å². The molecule has 5 heteroatoms. The average molecular weight is 270 g/mol. The fraction of sp³-hybridized carbons (Fsp3) is 0.857. The predicted octanol–water partition coefficient (Wildman–Crippen LogP) is 0.958. The van der Waals surface area contributed by atoms with E-state index in [-0.39, 0.29) is 29.8 Å². The second-order valence-corrected chi connectivity index (χ2v) is 6.54. The fourth-order valence-corrected chi connectivity index (χ4v) is 2.26. The number of hydrogen-bond donors (Lipinski definition) is 3. The largest absolute Gasteiger partial charge is 0.391 e. The molecule has 0 saturated heterocycles. The summed E-state index contributed by atoms with van der Waals surface area (Å²) < 4.78 is 0. The van der Waals surface area contributed by atoms with Gasteiger partial charge in [0.05, 0.1) is 18.7 Å². The van der Waals surface area contributed by atoms with Crippen molar-refractivity contribution in [3.63, 3.8) is 0 Å². The molecule has 1 rings (SSSR count). The number of hydrogen-bond acceptors (Lipinski definition) is 3. The smallest absolute Gasteiger partial charge is 0.239 e. The molecule has 0 aromatic carbocycles. The summed E-state index contributed by atoms with van der Waals surface area (Å²) in [6, 6.07) is -0.166. The Kier molecular flexibility index (Phi) is 5.79. The maximum absolute atomic E-state index is 11.7. The summed E-state index contributed by atoms with van der Waals surface area (Å²) in [7, 11) is 0. The van der Waals surface area contributed by atoms with Gasteiger partial charge in [-0.05, 0) is 18.3 Å². The van der Waals surface area contributed by atoms with Crippen molar-refractivity contribution in [2.45, 2.75) is 65.0 Å². The highest BCUT2D eigenvalue weighted by Crippen LogP contribution is 2.18. The second-order valence-electron chi connectivity index (χ2n) is 6.54. The van der Waals surface area contributed by atoms with Crippen LogP contribution in [-0.4, -0.2) is 35.6 Å². The van der Waals surface area contributed by atoms with E-state index in [9.17, 15) is 14.7 Å². The number of nitrogens with one attached hydrogen (secondary N) is 2. The van der Waals surface area contributed by atoms with Crippen LogP contribution >= 0.6 is 0 Å². The Balaban J connectivity index is 2.26. The van der Waals surface area contributed by atoms with Gasteiger partial charge in [0, 0.05) is 6.42 Å². The van der Waals surface area contributed by atoms with E-state index < -0.39 is 6.10 Å². The molecule has 1 aliphatic carbocycles. The molecule has 0 aromatic rings. The highest BCUT2D eigenvalue weighted by molar-refractivity contribution is 5.85. The number of rotatable bonds is 4. The van der Waals surface area contributed by atoms with Crippen molar-refractivity contribution in [1.29, 1.82) is 0 Å². The van der Waals surface area contributed by atoms with Crippen LogP contribution in [0, 0.1) is 5.41 Å². The molecule has 0 aromatic heterocycles. The van der Waals surface area contributed by atoms with E-state index in [0.29, 0.717) is 6.42 Å². The van der Waals surface area contributed by atoms with E-state index in [1.807, 2.05) is 20.8 Å². The number of amides is 2. The molecule has 2 unspecified atom stereocenters. The van der Waals surface area contributed by atoms with Gasteiger partial charge in [0.2, 0.25) is 11.8 Å². The molecule has 2 atom stereocenters. The van der Waals surface area contributed by atoms with Crippen LogP contribution in [0.4, 0.5) is 0 Å². The first-order chi connectivity index (χ1) is 8.78. The molecule has 3 N–H and O–H groups in total. The second kappa shape index (κ2) is 6.89. The Bertz CT molecular complexity index is 323. The van der Waals surface area contributed by atoms with Crippen LogP contribution in [0.15, 0.2) is 0 Å². The van der Waals surface area contributed by atoms with Gasteiger partial charge in [0.1, 0.15) is 0 Å². The highest BCUT2D eigenvalue weighted by atomic mass is 16.3. The van der Waals surface area contributed by atoms with Crippen molar-refractivity contribution < 1.29 is 14.7 Å². The Morgan fingerprint density at radius 2 is 1.79 bits per heavy atom. The third-order valence-electron chi connectivity index (χ3n) is 3.21. The standard InChI is InChI=1S/C14H26N2O3/c1-14(2,3)8-12(18)15-9-13(19)16-10-6-4-5-7-11(10)17/h10-11,17H,4-9H2,1-3H3,(H,15,18)(H,16,19). The lowest BCUT2D eigenvalue weighted by Crippen LogP contribution is -2.48. The van der Waals surface area contributed by atoms with Crippen molar-refractivity contribution >= 4 is 11.8 Å². The minimum Gasteiger partial charge on any atom is -0.391 e. The van der Waals surface area contributed by atoms with Crippen molar-refractivity contribution in [3.05, 3.63) is 0 Å². The molecule has 0 aliphatic heterocycles. The van der Waals surface area contributed by atoms with Crippen molar-refractivity contribution in [3.8, 4) is 0 Å². The zero-order valence-electron chi connectivity index (χ0n) is 12.2. The highest BCUT2D eigenvalue weighted by Gasteiger charge is 2.24. The number of aliphatic hydroxyl groups is 1. The van der Waals surface area contributed by atoms with Gasteiger partial charge >= 0.3 is 0 Å². The average Bonchev–Trinajstić information content (AvgIpc) is 2.27. The lowest BCUT2D eigenvalue weighted by atomic mass is 9.92. The monoisotopic (exact) mass is 270 g/mol. The van der Waals surface area contributed by atoms with Crippen molar-refractivity contribution in [2.75, 3.05) is 6.54 Å². The van der Waals surface area contributed by atoms with Gasteiger partial charge in [0.25, 0.3) is 0 Å². The molecule has 0 radical (unpaired) electrons. The number of aliphatic hydroxyl groups excluding tert-OH is 1. The maximum Gasteiger partial charge on any atom is 0.239 e. The first-order valence-corrected chi connectivity index (χ1v) is 7.02. The predicted molar refractivity (Wildman–Crippen MR) is 73.5 cm³/mol. The maximum atomic E-state index is 11.7. The lowest BCUT2D eigenvalue weighted by Gasteiger charge is -2.28. The molecule has 110 valence electrons. The SMILES string of the molecule is CC(C)(C)CC(=O)NCC(=O)NC1CCCCC1O. The van der Waals surface area contributed by atoms with Crippen LogP contribution in [0.5, 0.6) is 0 Å². The van der Waals surface area contributed by atoms with E-state index in [1.165, 1.54) is 0 Å². The van der Waals surface area contributed by atoms with E-state index >= 15 is 0 Å². The zero-order valence-corrected chi connectivity index (χ0v) is 12.2. The first kappa shape index (κ1) is 16.0. The Morgan fingerprint density at radius 3 is 2.37 bits per heavy atom. The lowest BCUT2D eigenvalue weighted by molar-refractivity contribution is -0.128. The quantitative estimate of drug-likeness (QED) is 0.712. The number of carbonyl (C=O) groups is 2. The molecular formula is C14H26N2O3. The van der Waals surface area contributed by atoms with E-state index in [2.05, 4.69) is 10.6 Å². The van der Waals surface area contributed by atoms with Crippen molar-refractivity contribution in [2.24, 2.45) is 5.41 Å². The topological polar surface area (TPSA) is 78.4 Å². The molecule has 2 amide bonds.